The van der Waals surface area contributed by atoms with Gasteiger partial charge in [-0.05, 0) is 30.3 Å². The van der Waals surface area contributed by atoms with E-state index in [1.54, 1.807) is 36.4 Å². The van der Waals surface area contributed by atoms with E-state index in [-0.39, 0.29) is 4.90 Å². The van der Waals surface area contributed by atoms with Crippen LogP contribution < -0.4 is 4.72 Å². The summed E-state index contributed by atoms with van der Waals surface area (Å²) in [5, 5.41) is 0. The summed E-state index contributed by atoms with van der Waals surface area (Å²) in [5.74, 6) is 0. The number of thiazole rings is 1. The average molecular weight is 325 g/mol. The van der Waals surface area contributed by atoms with Gasteiger partial charge in [0.25, 0.3) is 10.0 Å². The fourth-order valence-electron chi connectivity index (χ4n) is 1.76. The molecule has 0 unspecified atom stereocenters. The molecule has 0 saturated carbocycles. The molecule has 0 bridgehead atoms. The van der Waals surface area contributed by atoms with E-state index in [9.17, 15) is 8.42 Å². The van der Waals surface area contributed by atoms with Crippen molar-refractivity contribution in [3.05, 3.63) is 53.0 Å². The van der Waals surface area contributed by atoms with Crippen molar-refractivity contribution in [2.75, 3.05) is 4.72 Å². The van der Waals surface area contributed by atoms with Crippen molar-refractivity contribution in [2.24, 2.45) is 0 Å². The first-order chi connectivity index (χ1) is 9.54. The van der Waals surface area contributed by atoms with Crippen molar-refractivity contribution in [3.63, 3.8) is 0 Å². The van der Waals surface area contributed by atoms with Gasteiger partial charge in [0.1, 0.15) is 0 Å². The number of rotatable bonds is 3. The normalized spacial score (nSPS) is 11.7. The van der Waals surface area contributed by atoms with E-state index in [0.29, 0.717) is 15.7 Å². The molecule has 20 heavy (non-hydrogen) atoms. The Morgan fingerprint density at radius 1 is 1.10 bits per heavy atom. The number of anilines is 1. The Hall–Kier alpha value is -1.63. The van der Waals surface area contributed by atoms with Gasteiger partial charge in [0.15, 0.2) is 4.47 Å². The van der Waals surface area contributed by atoms with Gasteiger partial charge in [0.05, 0.1) is 15.1 Å². The molecule has 0 fully saturated rings. The van der Waals surface area contributed by atoms with Crippen LogP contribution in [0.1, 0.15) is 0 Å². The van der Waals surface area contributed by atoms with E-state index in [1.807, 2.05) is 6.07 Å². The van der Waals surface area contributed by atoms with E-state index < -0.39 is 10.0 Å². The second-order valence-corrected chi connectivity index (χ2v) is 7.36. The summed E-state index contributed by atoms with van der Waals surface area (Å²) in [4.78, 5) is 4.28. The van der Waals surface area contributed by atoms with Crippen molar-refractivity contribution >= 4 is 48.9 Å². The lowest BCUT2D eigenvalue weighted by molar-refractivity contribution is 0.601. The summed E-state index contributed by atoms with van der Waals surface area (Å²) in [7, 11) is -3.61. The molecule has 0 aliphatic rings. The number of sulfonamides is 1. The zero-order valence-electron chi connectivity index (χ0n) is 10.1. The maximum Gasteiger partial charge on any atom is 0.261 e. The zero-order chi connectivity index (χ0) is 14.2. The Kier molecular flexibility index (Phi) is 3.37. The highest BCUT2D eigenvalue weighted by Gasteiger charge is 2.15. The van der Waals surface area contributed by atoms with Gasteiger partial charge >= 0.3 is 0 Å². The number of nitrogens with one attached hydrogen (secondary N) is 1. The number of benzene rings is 2. The van der Waals surface area contributed by atoms with E-state index in [4.69, 9.17) is 11.6 Å². The molecule has 1 heterocycles. The lowest BCUT2D eigenvalue weighted by Gasteiger charge is -2.07. The van der Waals surface area contributed by atoms with Crippen LogP contribution in [0.4, 0.5) is 5.69 Å². The molecule has 0 radical (unpaired) electrons. The van der Waals surface area contributed by atoms with Crippen LogP contribution in [0, 0.1) is 0 Å². The SMILES string of the molecule is O=S(=O)(Nc1ccccc1)c1ccc2nc(Cl)sc2c1. The van der Waals surface area contributed by atoms with Gasteiger partial charge in [-0.2, -0.15) is 0 Å². The first-order valence-electron chi connectivity index (χ1n) is 5.68. The zero-order valence-corrected chi connectivity index (χ0v) is 12.5. The van der Waals surface area contributed by atoms with Crippen LogP contribution in [0.25, 0.3) is 10.2 Å². The van der Waals surface area contributed by atoms with Crippen molar-refractivity contribution in [3.8, 4) is 0 Å². The minimum absolute atomic E-state index is 0.189. The average Bonchev–Trinajstić information content (AvgIpc) is 2.78. The summed E-state index contributed by atoms with van der Waals surface area (Å²) in [6.07, 6.45) is 0. The van der Waals surface area contributed by atoms with Crippen LogP contribution in [0.15, 0.2) is 53.4 Å². The number of para-hydroxylation sites is 1. The molecular formula is C13H9ClN2O2S2. The third kappa shape index (κ3) is 2.63. The second-order valence-electron chi connectivity index (χ2n) is 4.07. The lowest BCUT2D eigenvalue weighted by atomic mass is 10.3. The summed E-state index contributed by atoms with van der Waals surface area (Å²) in [5.41, 5.74) is 1.22. The monoisotopic (exact) mass is 324 g/mol. The van der Waals surface area contributed by atoms with Crippen LogP contribution in [0.5, 0.6) is 0 Å². The maximum absolute atomic E-state index is 12.3. The quantitative estimate of drug-likeness (QED) is 0.798. The van der Waals surface area contributed by atoms with Gasteiger partial charge in [0.2, 0.25) is 0 Å². The topological polar surface area (TPSA) is 59.1 Å². The van der Waals surface area contributed by atoms with Gasteiger partial charge in [-0.25, -0.2) is 13.4 Å². The van der Waals surface area contributed by atoms with Crippen LogP contribution in [0.3, 0.4) is 0 Å². The molecule has 0 amide bonds. The molecule has 0 aliphatic heterocycles. The number of hydrogen-bond donors (Lipinski definition) is 1. The lowest BCUT2D eigenvalue weighted by Crippen LogP contribution is -2.12. The third-order valence-electron chi connectivity index (χ3n) is 2.67. The van der Waals surface area contributed by atoms with E-state index >= 15 is 0 Å². The fourth-order valence-corrected chi connectivity index (χ4v) is 3.99. The largest absolute Gasteiger partial charge is 0.280 e. The Balaban J connectivity index is 2.00. The molecule has 0 aliphatic carbocycles. The Labute approximate surface area is 125 Å². The van der Waals surface area contributed by atoms with Gasteiger partial charge in [-0.15, -0.1) is 11.3 Å². The minimum atomic E-state index is -3.61. The molecule has 3 aromatic rings. The Bertz CT molecular complexity index is 860. The smallest absolute Gasteiger partial charge is 0.261 e. The molecule has 102 valence electrons. The minimum Gasteiger partial charge on any atom is -0.280 e. The van der Waals surface area contributed by atoms with E-state index in [1.165, 1.54) is 17.4 Å². The summed E-state index contributed by atoms with van der Waals surface area (Å²) < 4.78 is 28.2. The van der Waals surface area contributed by atoms with Crippen molar-refractivity contribution in [2.45, 2.75) is 4.90 Å². The Morgan fingerprint density at radius 2 is 1.85 bits per heavy atom. The highest BCUT2D eigenvalue weighted by atomic mass is 35.5. The van der Waals surface area contributed by atoms with E-state index in [0.717, 1.165) is 4.70 Å². The molecule has 1 aromatic heterocycles. The predicted molar refractivity (Wildman–Crippen MR) is 81.9 cm³/mol. The number of fused-ring (bicyclic) bond motifs is 1. The number of aromatic nitrogens is 1. The molecular weight excluding hydrogens is 316 g/mol. The van der Waals surface area contributed by atoms with Gasteiger partial charge < -0.3 is 0 Å². The summed E-state index contributed by atoms with van der Waals surface area (Å²) in [6, 6.07) is 13.5. The highest BCUT2D eigenvalue weighted by Crippen LogP contribution is 2.28. The van der Waals surface area contributed by atoms with Crippen molar-refractivity contribution < 1.29 is 8.42 Å². The fraction of sp³-hybridized carbons (Fsp3) is 0. The number of nitrogens with zero attached hydrogens (tertiary/aromatic N) is 1. The van der Waals surface area contributed by atoms with Gasteiger partial charge in [-0.3, -0.25) is 4.72 Å². The molecule has 1 N–H and O–H groups in total. The Morgan fingerprint density at radius 3 is 2.60 bits per heavy atom. The molecule has 0 spiro atoms. The van der Waals surface area contributed by atoms with Crippen LogP contribution in [-0.4, -0.2) is 13.4 Å². The molecule has 4 nitrogen and oxygen atoms in total. The predicted octanol–water partition coefficient (Wildman–Crippen LogP) is 3.75. The molecule has 7 heteroatoms. The molecule has 0 saturated heterocycles. The number of hydrogen-bond acceptors (Lipinski definition) is 4. The van der Waals surface area contributed by atoms with Gasteiger partial charge in [0, 0.05) is 5.69 Å². The van der Waals surface area contributed by atoms with Crippen molar-refractivity contribution in [1.82, 2.24) is 4.98 Å². The maximum atomic E-state index is 12.3. The van der Waals surface area contributed by atoms with Gasteiger partial charge in [-0.1, -0.05) is 29.8 Å². The molecule has 0 atom stereocenters. The summed E-state index contributed by atoms with van der Waals surface area (Å²) in [6.45, 7) is 0. The standard InChI is InChI=1S/C13H9ClN2O2S2/c14-13-15-11-7-6-10(8-12(11)19-13)20(17,18)16-9-4-2-1-3-5-9/h1-8,16H. The summed E-state index contributed by atoms with van der Waals surface area (Å²) >= 11 is 7.07. The van der Waals surface area contributed by atoms with E-state index in [2.05, 4.69) is 9.71 Å². The third-order valence-corrected chi connectivity index (χ3v) is 5.17. The van der Waals surface area contributed by atoms with Crippen LogP contribution >= 0.6 is 22.9 Å². The van der Waals surface area contributed by atoms with Crippen molar-refractivity contribution in [1.29, 1.82) is 0 Å². The highest BCUT2D eigenvalue weighted by molar-refractivity contribution is 7.92. The number of halogens is 1. The second kappa shape index (κ2) is 5.05. The molecule has 2 aromatic carbocycles. The first kappa shape index (κ1) is 13.4. The van der Waals surface area contributed by atoms with Crippen LogP contribution in [-0.2, 0) is 10.0 Å². The van der Waals surface area contributed by atoms with Crippen LogP contribution in [0.2, 0.25) is 4.47 Å². The first-order valence-corrected chi connectivity index (χ1v) is 8.36. The molecule has 3 rings (SSSR count).